The van der Waals surface area contributed by atoms with Gasteiger partial charge in [-0.1, -0.05) is 13.8 Å². The van der Waals surface area contributed by atoms with Crippen molar-refractivity contribution in [3.8, 4) is 0 Å². The second-order valence-corrected chi connectivity index (χ2v) is 7.17. The Bertz CT molecular complexity index is 376. The van der Waals surface area contributed by atoms with Gasteiger partial charge in [0.05, 0.1) is 6.10 Å². The van der Waals surface area contributed by atoms with E-state index in [0.29, 0.717) is 5.92 Å². The number of hydrogen-bond acceptors (Lipinski definition) is 5. The molecule has 8 atom stereocenters. The van der Waals surface area contributed by atoms with Crippen LogP contribution in [0.4, 0.5) is 0 Å². The highest BCUT2D eigenvalue weighted by Crippen LogP contribution is 2.56. The van der Waals surface area contributed by atoms with Crippen LogP contribution in [0.1, 0.15) is 46.5 Å². The van der Waals surface area contributed by atoms with Gasteiger partial charge in [-0.15, -0.1) is 0 Å². The average molecular weight is 300 g/mol. The summed E-state index contributed by atoms with van der Waals surface area (Å²) in [5, 5.41) is 9.89. The highest BCUT2D eigenvalue weighted by Gasteiger charge is 2.64. The average Bonchev–Trinajstić information content (AvgIpc) is 2.62. The molecule has 0 bridgehead atoms. The van der Waals surface area contributed by atoms with Gasteiger partial charge in [0.15, 0.2) is 18.2 Å². The molecular formula is C16H28O5. The third kappa shape index (κ3) is 2.25. The fourth-order valence-corrected chi connectivity index (χ4v) is 4.94. The van der Waals surface area contributed by atoms with Crippen LogP contribution in [0.3, 0.4) is 0 Å². The predicted molar refractivity (Wildman–Crippen MR) is 76.4 cm³/mol. The van der Waals surface area contributed by atoms with Crippen LogP contribution < -0.4 is 0 Å². The molecule has 1 N–H and O–H groups in total. The zero-order valence-electron chi connectivity index (χ0n) is 13.5. The first-order chi connectivity index (χ1) is 10.0. The van der Waals surface area contributed by atoms with Gasteiger partial charge in [-0.05, 0) is 44.4 Å². The molecule has 3 fully saturated rings. The predicted octanol–water partition coefficient (Wildman–Crippen LogP) is 3.04. The first-order valence-corrected chi connectivity index (χ1v) is 8.20. The van der Waals surface area contributed by atoms with Crippen molar-refractivity contribution in [2.45, 2.75) is 70.7 Å². The second kappa shape index (κ2) is 5.78. The molecule has 0 radical (unpaired) electrons. The number of ether oxygens (including phenoxy) is 3. The van der Waals surface area contributed by atoms with Gasteiger partial charge in [0, 0.05) is 18.9 Å². The van der Waals surface area contributed by atoms with Crippen molar-refractivity contribution in [2.75, 3.05) is 7.11 Å². The van der Waals surface area contributed by atoms with Crippen molar-refractivity contribution in [3.63, 3.8) is 0 Å². The summed E-state index contributed by atoms with van der Waals surface area (Å²) in [6.45, 7) is 6.43. The van der Waals surface area contributed by atoms with E-state index in [1.54, 1.807) is 7.11 Å². The standard InChI is InChI=1S/C16H28O5/c1-9-5-7-13-11(3)14(18-4)20-15-16(13,21-17)12(9)8-6-10(2)19-15/h9-15,17H,5-8H2,1-4H3/t9-,10?,11?,12+,13+,14?,15+,16-/m1/s1. The quantitative estimate of drug-likeness (QED) is 0.627. The Morgan fingerprint density at radius 3 is 2.38 bits per heavy atom. The van der Waals surface area contributed by atoms with Gasteiger partial charge in [0.2, 0.25) is 0 Å². The summed E-state index contributed by atoms with van der Waals surface area (Å²) in [5.41, 5.74) is -0.753. The minimum Gasteiger partial charge on any atom is -0.355 e. The Morgan fingerprint density at radius 2 is 1.71 bits per heavy atom. The minimum atomic E-state index is -0.753. The van der Waals surface area contributed by atoms with E-state index in [2.05, 4.69) is 20.8 Å². The molecule has 3 unspecified atom stereocenters. The first kappa shape index (κ1) is 15.7. The lowest BCUT2D eigenvalue weighted by molar-refractivity contribution is -0.458. The first-order valence-electron chi connectivity index (χ1n) is 8.20. The van der Waals surface area contributed by atoms with Gasteiger partial charge in [-0.3, -0.25) is 5.26 Å². The van der Waals surface area contributed by atoms with Gasteiger partial charge in [-0.2, -0.15) is 0 Å². The van der Waals surface area contributed by atoms with E-state index in [0.717, 1.165) is 25.7 Å². The van der Waals surface area contributed by atoms with E-state index in [1.165, 1.54) is 0 Å². The Kier molecular flexibility index (Phi) is 4.32. The van der Waals surface area contributed by atoms with Gasteiger partial charge in [0.25, 0.3) is 0 Å². The topological polar surface area (TPSA) is 57.2 Å². The van der Waals surface area contributed by atoms with Crippen molar-refractivity contribution in [1.29, 1.82) is 0 Å². The lowest BCUT2D eigenvalue weighted by Gasteiger charge is -2.57. The van der Waals surface area contributed by atoms with E-state index in [-0.39, 0.29) is 30.1 Å². The molecule has 21 heavy (non-hydrogen) atoms. The Morgan fingerprint density at radius 1 is 1.00 bits per heavy atom. The summed E-state index contributed by atoms with van der Waals surface area (Å²) >= 11 is 0. The van der Waals surface area contributed by atoms with E-state index in [4.69, 9.17) is 19.1 Å². The third-order valence-electron chi connectivity index (χ3n) is 6.10. The fraction of sp³-hybridized carbons (Fsp3) is 1.00. The molecule has 2 heterocycles. The van der Waals surface area contributed by atoms with Crippen LogP contribution in [-0.4, -0.2) is 36.7 Å². The highest BCUT2D eigenvalue weighted by molar-refractivity contribution is 5.07. The molecule has 5 nitrogen and oxygen atoms in total. The molecule has 122 valence electrons. The monoisotopic (exact) mass is 300 g/mol. The largest absolute Gasteiger partial charge is 0.355 e. The van der Waals surface area contributed by atoms with Gasteiger partial charge >= 0.3 is 0 Å². The molecule has 1 aliphatic carbocycles. The van der Waals surface area contributed by atoms with Crippen LogP contribution in [0.2, 0.25) is 0 Å². The molecule has 0 aromatic heterocycles. The van der Waals surface area contributed by atoms with Crippen LogP contribution in [-0.2, 0) is 19.1 Å². The molecule has 0 spiro atoms. The molecule has 2 saturated heterocycles. The number of rotatable bonds is 2. The van der Waals surface area contributed by atoms with Crippen LogP contribution in [0.5, 0.6) is 0 Å². The number of hydrogen-bond donors (Lipinski definition) is 1. The molecule has 1 saturated carbocycles. The Balaban J connectivity index is 2.03. The summed E-state index contributed by atoms with van der Waals surface area (Å²) in [7, 11) is 1.66. The highest BCUT2D eigenvalue weighted by atomic mass is 17.1. The SMILES string of the molecule is COC1O[C@@H]2OC(C)CC[C@H]3[C@H](C)CC[C@@H](C1C)[C@@]23OO. The summed E-state index contributed by atoms with van der Waals surface area (Å²) in [5.74, 6) is 1.12. The molecule has 0 aromatic carbocycles. The van der Waals surface area contributed by atoms with Crippen molar-refractivity contribution >= 4 is 0 Å². The van der Waals surface area contributed by atoms with Crippen molar-refractivity contribution in [1.82, 2.24) is 0 Å². The van der Waals surface area contributed by atoms with Crippen LogP contribution >= 0.6 is 0 Å². The summed E-state index contributed by atoms with van der Waals surface area (Å²) in [6, 6.07) is 0. The summed E-state index contributed by atoms with van der Waals surface area (Å²) < 4.78 is 17.6. The van der Waals surface area contributed by atoms with Crippen molar-refractivity contribution < 1.29 is 24.4 Å². The van der Waals surface area contributed by atoms with Gasteiger partial charge < -0.3 is 14.2 Å². The summed E-state index contributed by atoms with van der Waals surface area (Å²) in [4.78, 5) is 5.21. The molecule has 0 amide bonds. The second-order valence-electron chi connectivity index (χ2n) is 7.17. The maximum atomic E-state index is 9.89. The smallest absolute Gasteiger partial charge is 0.193 e. The van der Waals surface area contributed by atoms with E-state index in [9.17, 15) is 5.26 Å². The normalized spacial score (nSPS) is 53.9. The zero-order valence-corrected chi connectivity index (χ0v) is 13.5. The molecular weight excluding hydrogens is 272 g/mol. The lowest BCUT2D eigenvalue weighted by atomic mass is 9.58. The molecule has 5 heteroatoms. The molecule has 2 aliphatic heterocycles. The van der Waals surface area contributed by atoms with Crippen LogP contribution in [0, 0.1) is 23.7 Å². The third-order valence-corrected chi connectivity index (χ3v) is 6.10. The van der Waals surface area contributed by atoms with Crippen molar-refractivity contribution in [2.24, 2.45) is 23.7 Å². The van der Waals surface area contributed by atoms with E-state index >= 15 is 0 Å². The maximum Gasteiger partial charge on any atom is 0.193 e. The van der Waals surface area contributed by atoms with E-state index < -0.39 is 11.9 Å². The number of methoxy groups -OCH3 is 1. The summed E-state index contributed by atoms with van der Waals surface area (Å²) in [6.07, 6.45) is 3.38. The molecule has 0 aromatic rings. The Labute approximate surface area is 126 Å². The van der Waals surface area contributed by atoms with Crippen molar-refractivity contribution in [3.05, 3.63) is 0 Å². The molecule has 3 rings (SSSR count). The fourth-order valence-electron chi connectivity index (χ4n) is 4.94. The maximum absolute atomic E-state index is 9.89. The van der Waals surface area contributed by atoms with E-state index in [1.807, 2.05) is 0 Å². The van der Waals surface area contributed by atoms with Gasteiger partial charge in [-0.25, -0.2) is 4.89 Å². The van der Waals surface area contributed by atoms with Gasteiger partial charge in [0.1, 0.15) is 0 Å². The Hall–Kier alpha value is -0.200. The molecule has 3 aliphatic rings. The van der Waals surface area contributed by atoms with Crippen LogP contribution in [0.15, 0.2) is 0 Å². The minimum absolute atomic E-state index is 0.103. The lowest BCUT2D eigenvalue weighted by Crippen LogP contribution is -2.67. The zero-order chi connectivity index (χ0) is 15.2. The van der Waals surface area contributed by atoms with Crippen LogP contribution in [0.25, 0.3) is 0 Å².